The Balaban J connectivity index is 1.59. The predicted molar refractivity (Wildman–Crippen MR) is 118 cm³/mol. The van der Waals surface area contributed by atoms with E-state index in [2.05, 4.69) is 10.3 Å². The molecule has 1 saturated heterocycles. The molecule has 3 heterocycles. The summed E-state index contributed by atoms with van der Waals surface area (Å²) in [6.07, 6.45) is 1.05. The van der Waals surface area contributed by atoms with E-state index in [1.165, 1.54) is 15.3 Å². The smallest absolute Gasteiger partial charge is 0.334 e. The highest BCUT2D eigenvalue weighted by atomic mass is 19.3. The molecule has 9 heteroatoms. The molecular weight excluding hydrogens is 416 g/mol. The summed E-state index contributed by atoms with van der Waals surface area (Å²) in [5, 5.41) is 2.73. The number of nitrogens with two attached hydrogens (primary N) is 1. The lowest BCUT2D eigenvalue weighted by Crippen LogP contribution is -2.46. The number of para-hydroxylation sites is 1. The van der Waals surface area contributed by atoms with Crippen LogP contribution in [0.3, 0.4) is 0 Å². The number of alkyl halides is 2. The number of benzene rings is 2. The number of ether oxygens (including phenoxy) is 1. The van der Waals surface area contributed by atoms with Gasteiger partial charge in [-0.3, -0.25) is 9.13 Å². The number of nitrogen functional groups attached to an aromatic ring is 1. The fourth-order valence-corrected chi connectivity index (χ4v) is 4.16. The molecule has 0 saturated carbocycles. The summed E-state index contributed by atoms with van der Waals surface area (Å²) in [7, 11) is 0. The molecule has 1 aliphatic heterocycles. The number of piperidine rings is 1. The van der Waals surface area contributed by atoms with Crippen LogP contribution in [-0.2, 0) is 0 Å². The topological polar surface area (TPSA) is 87.1 Å². The zero-order chi connectivity index (χ0) is 22.3. The Labute approximate surface area is 182 Å². The van der Waals surface area contributed by atoms with Gasteiger partial charge in [0.25, 0.3) is 5.92 Å². The van der Waals surface area contributed by atoms with Gasteiger partial charge in [0.1, 0.15) is 22.8 Å². The van der Waals surface area contributed by atoms with E-state index in [1.807, 2.05) is 30.3 Å². The predicted octanol–water partition coefficient (Wildman–Crippen LogP) is 3.73. The van der Waals surface area contributed by atoms with E-state index in [1.54, 1.807) is 30.3 Å². The Morgan fingerprint density at radius 2 is 1.78 bits per heavy atom. The lowest BCUT2D eigenvalue weighted by molar-refractivity contribution is -0.0364. The van der Waals surface area contributed by atoms with Gasteiger partial charge >= 0.3 is 5.69 Å². The third-order valence-corrected chi connectivity index (χ3v) is 5.55. The van der Waals surface area contributed by atoms with E-state index in [9.17, 15) is 13.6 Å². The molecule has 0 aliphatic carbocycles. The van der Waals surface area contributed by atoms with Gasteiger partial charge in [-0.05, 0) is 42.5 Å². The molecule has 0 radical (unpaired) electrons. The van der Waals surface area contributed by atoms with Crippen LogP contribution < -0.4 is 21.5 Å². The average molecular weight is 437 g/mol. The molecule has 7 nitrogen and oxygen atoms in total. The van der Waals surface area contributed by atoms with Crippen molar-refractivity contribution in [2.24, 2.45) is 0 Å². The number of halogens is 2. The first-order chi connectivity index (χ1) is 15.4. The number of nitrogens with one attached hydrogen (secondary N) is 1. The molecule has 2 aromatic carbocycles. The van der Waals surface area contributed by atoms with Gasteiger partial charge in [-0.2, -0.15) is 0 Å². The van der Waals surface area contributed by atoms with Crippen molar-refractivity contribution in [2.75, 3.05) is 18.8 Å². The van der Waals surface area contributed by atoms with Gasteiger partial charge in [0.15, 0.2) is 0 Å². The quantitative estimate of drug-likeness (QED) is 0.508. The number of nitrogens with zero attached hydrogens (tertiary/aromatic N) is 3. The number of hydrogen-bond donors (Lipinski definition) is 2. The highest BCUT2D eigenvalue weighted by molar-refractivity contribution is 5.87. The molecular formula is C23H21F2N5O2. The zero-order valence-corrected chi connectivity index (χ0v) is 17.0. The second-order valence-corrected chi connectivity index (χ2v) is 7.81. The van der Waals surface area contributed by atoms with Gasteiger partial charge in [-0.25, -0.2) is 18.6 Å². The first kappa shape index (κ1) is 20.2. The van der Waals surface area contributed by atoms with E-state index in [4.69, 9.17) is 10.5 Å². The number of pyridine rings is 1. The van der Waals surface area contributed by atoms with Gasteiger partial charge in [0.05, 0.1) is 23.8 Å². The standard InChI is InChI=1S/C23H21F2N5O2/c24-23(25)12-16(13-27-14-23)29-19-10-11-28-21(26)20(19)30(22(29)31)15-6-8-18(9-7-15)32-17-4-2-1-3-5-17/h1-11,16,27H,12-14H2,(H2,26,28). The van der Waals surface area contributed by atoms with E-state index < -0.39 is 30.6 Å². The van der Waals surface area contributed by atoms with Crippen LogP contribution >= 0.6 is 0 Å². The zero-order valence-electron chi connectivity index (χ0n) is 17.0. The van der Waals surface area contributed by atoms with Crippen molar-refractivity contribution < 1.29 is 13.5 Å². The van der Waals surface area contributed by atoms with Gasteiger partial charge in [0.2, 0.25) is 0 Å². The minimum absolute atomic E-state index is 0.151. The van der Waals surface area contributed by atoms with Crippen molar-refractivity contribution in [3.63, 3.8) is 0 Å². The van der Waals surface area contributed by atoms with Gasteiger partial charge < -0.3 is 15.8 Å². The van der Waals surface area contributed by atoms with Crippen molar-refractivity contribution in [1.82, 2.24) is 19.4 Å². The van der Waals surface area contributed by atoms with Crippen LogP contribution in [-0.4, -0.2) is 33.1 Å². The second kappa shape index (κ2) is 7.76. The number of hydrogen-bond acceptors (Lipinski definition) is 5. The molecule has 164 valence electrons. The molecule has 0 bridgehead atoms. The fourth-order valence-electron chi connectivity index (χ4n) is 4.16. The maximum absolute atomic E-state index is 14.1. The summed E-state index contributed by atoms with van der Waals surface area (Å²) >= 11 is 0. The summed E-state index contributed by atoms with van der Waals surface area (Å²) in [6.45, 7) is -0.135. The van der Waals surface area contributed by atoms with Gasteiger partial charge in [0, 0.05) is 19.2 Å². The molecule has 0 spiro atoms. The summed E-state index contributed by atoms with van der Waals surface area (Å²) in [4.78, 5) is 17.6. The largest absolute Gasteiger partial charge is 0.457 e. The molecule has 1 unspecified atom stereocenters. The van der Waals surface area contributed by atoms with E-state index in [0.717, 1.165) is 0 Å². The number of imidazole rings is 1. The third-order valence-electron chi connectivity index (χ3n) is 5.55. The van der Waals surface area contributed by atoms with Crippen molar-refractivity contribution in [1.29, 1.82) is 0 Å². The van der Waals surface area contributed by atoms with Crippen LogP contribution in [0.5, 0.6) is 11.5 Å². The van der Waals surface area contributed by atoms with Gasteiger partial charge in [-0.1, -0.05) is 18.2 Å². The Hall–Kier alpha value is -3.72. The lowest BCUT2D eigenvalue weighted by atomic mass is 10.0. The first-order valence-corrected chi connectivity index (χ1v) is 10.2. The summed E-state index contributed by atoms with van der Waals surface area (Å²) in [5.74, 6) is -1.46. The molecule has 3 N–H and O–H groups in total. The van der Waals surface area contributed by atoms with E-state index in [0.29, 0.717) is 28.2 Å². The summed E-state index contributed by atoms with van der Waals surface area (Å²) in [6, 6.07) is 17.2. The number of fused-ring (bicyclic) bond motifs is 1. The Morgan fingerprint density at radius 3 is 2.50 bits per heavy atom. The van der Waals surface area contributed by atoms with Crippen LogP contribution in [0.4, 0.5) is 14.6 Å². The Morgan fingerprint density at radius 1 is 1.06 bits per heavy atom. The SMILES string of the molecule is Nc1nccc2c1n(-c1ccc(Oc3ccccc3)cc1)c(=O)n2C1CNCC(F)(F)C1. The van der Waals surface area contributed by atoms with Crippen molar-refractivity contribution in [3.8, 4) is 17.2 Å². The third kappa shape index (κ3) is 3.60. The number of rotatable bonds is 4. The Kier molecular flexibility index (Phi) is 4.90. The maximum Gasteiger partial charge on any atom is 0.334 e. The minimum Gasteiger partial charge on any atom is -0.457 e. The van der Waals surface area contributed by atoms with Crippen molar-refractivity contribution in [3.05, 3.63) is 77.3 Å². The maximum atomic E-state index is 14.1. The van der Waals surface area contributed by atoms with Gasteiger partial charge in [-0.15, -0.1) is 0 Å². The van der Waals surface area contributed by atoms with Crippen molar-refractivity contribution in [2.45, 2.75) is 18.4 Å². The minimum atomic E-state index is -2.90. The average Bonchev–Trinajstić information content (AvgIpc) is 3.07. The molecule has 0 amide bonds. The molecule has 1 fully saturated rings. The monoisotopic (exact) mass is 437 g/mol. The molecule has 32 heavy (non-hydrogen) atoms. The second-order valence-electron chi connectivity index (χ2n) is 7.81. The fraction of sp³-hybridized carbons (Fsp3) is 0.217. The number of aromatic nitrogens is 3. The van der Waals surface area contributed by atoms with E-state index >= 15 is 0 Å². The van der Waals surface area contributed by atoms with Crippen LogP contribution in [0.1, 0.15) is 12.5 Å². The van der Waals surface area contributed by atoms with Crippen LogP contribution in [0.2, 0.25) is 0 Å². The summed E-state index contributed by atoms with van der Waals surface area (Å²) < 4.78 is 36.8. The molecule has 1 aliphatic rings. The normalized spacial score (nSPS) is 18.0. The van der Waals surface area contributed by atoms with Crippen LogP contribution in [0, 0.1) is 0 Å². The molecule has 2 aromatic heterocycles. The molecule has 1 atom stereocenters. The van der Waals surface area contributed by atoms with Crippen molar-refractivity contribution >= 4 is 16.9 Å². The van der Waals surface area contributed by atoms with Crippen LogP contribution in [0.15, 0.2) is 71.7 Å². The first-order valence-electron chi connectivity index (χ1n) is 10.2. The van der Waals surface area contributed by atoms with E-state index in [-0.39, 0.29) is 12.4 Å². The molecule has 5 rings (SSSR count). The van der Waals surface area contributed by atoms with Crippen LogP contribution in [0.25, 0.3) is 16.7 Å². The lowest BCUT2D eigenvalue weighted by Gasteiger charge is -2.30. The number of anilines is 1. The summed E-state index contributed by atoms with van der Waals surface area (Å²) in [5.41, 5.74) is 7.07. The highest BCUT2D eigenvalue weighted by Gasteiger charge is 2.38. The molecule has 4 aromatic rings. The Bertz CT molecular complexity index is 1320. The highest BCUT2D eigenvalue weighted by Crippen LogP contribution is 2.32.